The number of amides is 1. The van der Waals surface area contributed by atoms with Crippen LogP contribution in [0, 0.1) is 0 Å². The van der Waals surface area contributed by atoms with E-state index in [1.165, 1.54) is 0 Å². The van der Waals surface area contributed by atoms with Crippen LogP contribution in [0.15, 0.2) is 24.5 Å². The molecule has 104 valence electrons. The maximum absolute atomic E-state index is 12.2. The zero-order valence-electron chi connectivity index (χ0n) is 11.5. The smallest absolute Gasteiger partial charge is 0.249 e. The van der Waals surface area contributed by atoms with Gasteiger partial charge in [-0.1, -0.05) is 6.07 Å². The predicted octanol–water partition coefficient (Wildman–Crippen LogP) is 0.979. The summed E-state index contributed by atoms with van der Waals surface area (Å²) in [5, 5.41) is 3.32. The van der Waals surface area contributed by atoms with Crippen LogP contribution >= 0.6 is 0 Å². The van der Waals surface area contributed by atoms with E-state index < -0.39 is 0 Å². The van der Waals surface area contributed by atoms with Gasteiger partial charge in [-0.15, -0.1) is 0 Å². The van der Waals surface area contributed by atoms with E-state index in [1.807, 2.05) is 37.1 Å². The summed E-state index contributed by atoms with van der Waals surface area (Å²) < 4.78 is 5.41. The monoisotopic (exact) mass is 263 g/mol. The fourth-order valence-electron chi connectivity index (χ4n) is 2.19. The van der Waals surface area contributed by atoms with E-state index in [0.717, 1.165) is 18.7 Å². The fraction of sp³-hybridized carbons (Fsp3) is 0.571. The molecule has 0 aliphatic carbocycles. The minimum Gasteiger partial charge on any atom is -0.369 e. The van der Waals surface area contributed by atoms with Gasteiger partial charge in [-0.05, 0) is 25.5 Å². The van der Waals surface area contributed by atoms with Gasteiger partial charge in [0.1, 0.15) is 6.61 Å². The van der Waals surface area contributed by atoms with Crippen molar-refractivity contribution in [1.29, 1.82) is 0 Å². The molecule has 1 atom stereocenters. The van der Waals surface area contributed by atoms with E-state index >= 15 is 0 Å². The van der Waals surface area contributed by atoms with Crippen molar-refractivity contribution in [2.75, 3.05) is 26.2 Å². The summed E-state index contributed by atoms with van der Waals surface area (Å²) in [6.45, 7) is 6.31. The molecule has 1 aromatic heterocycles. The van der Waals surface area contributed by atoms with Crippen molar-refractivity contribution >= 4 is 5.91 Å². The number of ether oxygens (including phenoxy) is 1. The standard InChI is InChI=1S/C14H21N3O2/c1-11(2)19-10-14(18)17-7-6-16-9-13(17)12-4-3-5-15-8-12/h3-5,8,11,13,16H,6-7,9-10H2,1-2H3. The number of aromatic nitrogens is 1. The van der Waals surface area contributed by atoms with E-state index in [1.54, 1.807) is 6.20 Å². The first kappa shape index (κ1) is 14.0. The highest BCUT2D eigenvalue weighted by atomic mass is 16.5. The molecule has 1 aliphatic heterocycles. The molecule has 5 heteroatoms. The van der Waals surface area contributed by atoms with Gasteiger partial charge in [-0.2, -0.15) is 0 Å². The average molecular weight is 263 g/mol. The Morgan fingerprint density at radius 3 is 3.16 bits per heavy atom. The summed E-state index contributed by atoms with van der Waals surface area (Å²) in [6, 6.07) is 3.96. The van der Waals surface area contributed by atoms with Crippen LogP contribution in [-0.2, 0) is 9.53 Å². The van der Waals surface area contributed by atoms with E-state index in [4.69, 9.17) is 4.74 Å². The summed E-state index contributed by atoms with van der Waals surface area (Å²) in [5.74, 6) is 0.0454. The van der Waals surface area contributed by atoms with Crippen LogP contribution in [0.4, 0.5) is 0 Å². The SMILES string of the molecule is CC(C)OCC(=O)N1CCNCC1c1cccnc1. The molecule has 1 N–H and O–H groups in total. The molecule has 5 nitrogen and oxygen atoms in total. The number of piperazine rings is 1. The highest BCUT2D eigenvalue weighted by molar-refractivity contribution is 5.78. The molecule has 2 rings (SSSR count). The van der Waals surface area contributed by atoms with Crippen molar-refractivity contribution in [2.45, 2.75) is 26.0 Å². The Hall–Kier alpha value is -1.46. The largest absolute Gasteiger partial charge is 0.369 e. The third kappa shape index (κ3) is 3.75. The Labute approximate surface area is 114 Å². The highest BCUT2D eigenvalue weighted by Crippen LogP contribution is 2.21. The van der Waals surface area contributed by atoms with Crippen molar-refractivity contribution < 1.29 is 9.53 Å². The van der Waals surface area contributed by atoms with Gasteiger partial charge in [0.05, 0.1) is 12.1 Å². The summed E-state index contributed by atoms with van der Waals surface area (Å²) in [5.41, 5.74) is 1.06. The molecular formula is C14H21N3O2. The van der Waals surface area contributed by atoms with Crippen molar-refractivity contribution in [1.82, 2.24) is 15.2 Å². The Morgan fingerprint density at radius 2 is 2.47 bits per heavy atom. The van der Waals surface area contributed by atoms with Crippen LogP contribution in [0.2, 0.25) is 0 Å². The molecule has 0 radical (unpaired) electrons. The van der Waals surface area contributed by atoms with Crippen molar-refractivity contribution in [3.63, 3.8) is 0 Å². The Balaban J connectivity index is 2.06. The fourth-order valence-corrected chi connectivity index (χ4v) is 2.19. The molecule has 19 heavy (non-hydrogen) atoms. The third-order valence-corrected chi connectivity index (χ3v) is 3.17. The van der Waals surface area contributed by atoms with Crippen LogP contribution in [0.5, 0.6) is 0 Å². The Morgan fingerprint density at radius 1 is 1.63 bits per heavy atom. The van der Waals surface area contributed by atoms with Gasteiger partial charge in [0, 0.05) is 32.0 Å². The molecule has 2 heterocycles. The van der Waals surface area contributed by atoms with Crippen LogP contribution in [0.1, 0.15) is 25.5 Å². The van der Waals surface area contributed by atoms with Crippen LogP contribution < -0.4 is 5.32 Å². The summed E-state index contributed by atoms with van der Waals surface area (Å²) in [7, 11) is 0. The molecule has 1 aliphatic rings. The number of rotatable bonds is 4. The normalized spacial score (nSPS) is 19.7. The molecule has 0 bridgehead atoms. The van der Waals surface area contributed by atoms with Crippen LogP contribution in [0.3, 0.4) is 0 Å². The lowest BCUT2D eigenvalue weighted by Crippen LogP contribution is -2.49. The number of hydrogen-bond acceptors (Lipinski definition) is 4. The molecule has 1 amide bonds. The highest BCUT2D eigenvalue weighted by Gasteiger charge is 2.27. The topological polar surface area (TPSA) is 54.5 Å². The molecule has 1 fully saturated rings. The minimum atomic E-state index is 0.0454. The van der Waals surface area contributed by atoms with Gasteiger partial charge in [0.2, 0.25) is 5.91 Å². The number of pyridine rings is 1. The van der Waals surface area contributed by atoms with Gasteiger partial charge in [0.25, 0.3) is 0 Å². The predicted molar refractivity (Wildman–Crippen MR) is 72.6 cm³/mol. The lowest BCUT2D eigenvalue weighted by atomic mass is 10.1. The van der Waals surface area contributed by atoms with Gasteiger partial charge in [-0.3, -0.25) is 9.78 Å². The molecule has 1 unspecified atom stereocenters. The molecular weight excluding hydrogens is 242 g/mol. The summed E-state index contributed by atoms with van der Waals surface area (Å²) in [6.07, 6.45) is 3.64. The van der Waals surface area contributed by atoms with Crippen molar-refractivity contribution in [2.24, 2.45) is 0 Å². The first-order valence-electron chi connectivity index (χ1n) is 6.70. The zero-order chi connectivity index (χ0) is 13.7. The number of nitrogens with zero attached hydrogens (tertiary/aromatic N) is 2. The second-order valence-electron chi connectivity index (χ2n) is 4.95. The molecule has 0 aromatic carbocycles. The zero-order valence-corrected chi connectivity index (χ0v) is 11.5. The summed E-state index contributed by atoms with van der Waals surface area (Å²) in [4.78, 5) is 18.3. The third-order valence-electron chi connectivity index (χ3n) is 3.17. The van der Waals surface area contributed by atoms with Gasteiger partial charge in [-0.25, -0.2) is 0 Å². The van der Waals surface area contributed by atoms with Gasteiger partial charge >= 0.3 is 0 Å². The average Bonchev–Trinajstić information content (AvgIpc) is 2.45. The maximum atomic E-state index is 12.2. The van der Waals surface area contributed by atoms with Crippen molar-refractivity contribution in [3.05, 3.63) is 30.1 Å². The molecule has 0 saturated carbocycles. The van der Waals surface area contributed by atoms with Crippen LogP contribution in [0.25, 0.3) is 0 Å². The second-order valence-corrected chi connectivity index (χ2v) is 4.95. The van der Waals surface area contributed by atoms with E-state index in [2.05, 4.69) is 10.3 Å². The Kier molecular flexibility index (Phi) is 4.87. The minimum absolute atomic E-state index is 0.0454. The van der Waals surface area contributed by atoms with Gasteiger partial charge < -0.3 is 15.0 Å². The summed E-state index contributed by atoms with van der Waals surface area (Å²) >= 11 is 0. The second kappa shape index (κ2) is 6.63. The maximum Gasteiger partial charge on any atom is 0.249 e. The van der Waals surface area contributed by atoms with Crippen LogP contribution in [-0.4, -0.2) is 48.1 Å². The number of nitrogens with one attached hydrogen (secondary N) is 1. The molecule has 1 saturated heterocycles. The molecule has 0 spiro atoms. The van der Waals surface area contributed by atoms with Gasteiger partial charge in [0.15, 0.2) is 0 Å². The van der Waals surface area contributed by atoms with E-state index in [9.17, 15) is 4.79 Å². The van der Waals surface area contributed by atoms with E-state index in [0.29, 0.717) is 6.54 Å². The van der Waals surface area contributed by atoms with Crippen molar-refractivity contribution in [3.8, 4) is 0 Å². The van der Waals surface area contributed by atoms with E-state index in [-0.39, 0.29) is 24.7 Å². The first-order valence-corrected chi connectivity index (χ1v) is 6.70. The lowest BCUT2D eigenvalue weighted by molar-refractivity contribution is -0.141. The lowest BCUT2D eigenvalue weighted by Gasteiger charge is -2.36. The first-order chi connectivity index (χ1) is 9.18. The quantitative estimate of drug-likeness (QED) is 0.880. The Bertz CT molecular complexity index is 408. The number of carbonyl (C=O) groups excluding carboxylic acids is 1. The number of carbonyl (C=O) groups is 1. The number of hydrogen-bond donors (Lipinski definition) is 1. The molecule has 1 aromatic rings.